The average Bonchev–Trinajstić information content (AvgIpc) is 3.20. The van der Waals surface area contributed by atoms with Crippen molar-refractivity contribution in [2.24, 2.45) is 0 Å². The molecule has 0 saturated heterocycles. The molecule has 152 valence electrons. The normalized spacial score (nSPS) is 12.2. The zero-order valence-corrected chi connectivity index (χ0v) is 17.7. The standard InChI is InChI=1S/C31H23N/c1-2-8-22(9-3-1)23-14-18-25(19-15-23)32-26-20-16-24(17-21-26)31-29-12-6-4-10-27(29)28-11-5-7-13-30(28)31/h1-21,31-32H. The molecule has 0 aliphatic heterocycles. The summed E-state index contributed by atoms with van der Waals surface area (Å²) in [7, 11) is 0. The first-order chi connectivity index (χ1) is 15.9. The van der Waals surface area contributed by atoms with Gasteiger partial charge in [0.2, 0.25) is 0 Å². The second kappa shape index (κ2) is 7.86. The van der Waals surface area contributed by atoms with Crippen LogP contribution in [0.3, 0.4) is 0 Å². The summed E-state index contributed by atoms with van der Waals surface area (Å²) in [6.07, 6.45) is 0. The highest BCUT2D eigenvalue weighted by Crippen LogP contribution is 2.47. The molecule has 0 amide bonds. The summed E-state index contributed by atoms with van der Waals surface area (Å²) in [4.78, 5) is 0. The third-order valence-corrected chi connectivity index (χ3v) is 6.36. The summed E-state index contributed by atoms with van der Waals surface area (Å²) in [5.74, 6) is 0.293. The second-order valence-electron chi connectivity index (χ2n) is 8.30. The van der Waals surface area contributed by atoms with E-state index >= 15 is 0 Å². The number of rotatable bonds is 4. The van der Waals surface area contributed by atoms with Gasteiger partial charge in [-0.05, 0) is 63.2 Å². The van der Waals surface area contributed by atoms with E-state index in [9.17, 15) is 0 Å². The van der Waals surface area contributed by atoms with Crippen LogP contribution in [0.1, 0.15) is 22.6 Å². The van der Waals surface area contributed by atoms with E-state index in [2.05, 4.69) is 127 Å². The minimum absolute atomic E-state index is 0.293. The third-order valence-electron chi connectivity index (χ3n) is 6.36. The molecule has 0 unspecified atom stereocenters. The average molecular weight is 410 g/mol. The van der Waals surface area contributed by atoms with Gasteiger partial charge in [-0.15, -0.1) is 0 Å². The van der Waals surface area contributed by atoms with Crippen LogP contribution in [-0.2, 0) is 0 Å². The first-order valence-corrected chi connectivity index (χ1v) is 11.1. The van der Waals surface area contributed by atoms with Crippen LogP contribution >= 0.6 is 0 Å². The molecule has 0 saturated carbocycles. The smallest absolute Gasteiger partial charge is 0.0384 e. The topological polar surface area (TPSA) is 12.0 Å². The van der Waals surface area contributed by atoms with Gasteiger partial charge in [-0.2, -0.15) is 0 Å². The Morgan fingerprint density at radius 3 is 1.47 bits per heavy atom. The van der Waals surface area contributed by atoms with E-state index in [0.717, 1.165) is 11.4 Å². The summed E-state index contributed by atoms with van der Waals surface area (Å²) in [5, 5.41) is 3.54. The fourth-order valence-electron chi connectivity index (χ4n) is 4.82. The van der Waals surface area contributed by atoms with Crippen LogP contribution in [0.15, 0.2) is 127 Å². The predicted octanol–water partition coefficient (Wildman–Crippen LogP) is 8.26. The molecule has 5 aromatic rings. The highest BCUT2D eigenvalue weighted by atomic mass is 14.9. The zero-order chi connectivity index (χ0) is 21.3. The van der Waals surface area contributed by atoms with E-state index in [0.29, 0.717) is 5.92 Å². The van der Waals surface area contributed by atoms with E-state index in [1.807, 2.05) is 6.07 Å². The van der Waals surface area contributed by atoms with Crippen molar-refractivity contribution in [2.45, 2.75) is 5.92 Å². The molecule has 1 N–H and O–H groups in total. The Morgan fingerprint density at radius 2 is 0.875 bits per heavy atom. The number of anilines is 2. The fourth-order valence-corrected chi connectivity index (χ4v) is 4.82. The minimum atomic E-state index is 0.293. The largest absolute Gasteiger partial charge is 0.356 e. The summed E-state index contributed by atoms with van der Waals surface area (Å²) < 4.78 is 0. The van der Waals surface area contributed by atoms with Crippen LogP contribution in [0.4, 0.5) is 11.4 Å². The van der Waals surface area contributed by atoms with E-state index in [1.54, 1.807) is 0 Å². The Bertz CT molecular complexity index is 1320. The molecule has 0 atom stereocenters. The summed E-state index contributed by atoms with van der Waals surface area (Å²) in [6.45, 7) is 0. The molecule has 5 aromatic carbocycles. The zero-order valence-electron chi connectivity index (χ0n) is 17.7. The van der Waals surface area contributed by atoms with Crippen molar-refractivity contribution in [3.8, 4) is 22.3 Å². The minimum Gasteiger partial charge on any atom is -0.356 e. The molecule has 1 nitrogen and oxygen atoms in total. The lowest BCUT2D eigenvalue weighted by atomic mass is 9.89. The van der Waals surface area contributed by atoms with E-state index in [4.69, 9.17) is 0 Å². The van der Waals surface area contributed by atoms with Crippen molar-refractivity contribution in [3.63, 3.8) is 0 Å². The Balaban J connectivity index is 1.26. The number of hydrogen-bond acceptors (Lipinski definition) is 1. The van der Waals surface area contributed by atoms with Gasteiger partial charge in [0.05, 0.1) is 0 Å². The maximum Gasteiger partial charge on any atom is 0.0384 e. The lowest BCUT2D eigenvalue weighted by Crippen LogP contribution is -1.99. The van der Waals surface area contributed by atoms with Gasteiger partial charge in [0.1, 0.15) is 0 Å². The molecule has 0 fully saturated rings. The molecule has 1 aliphatic rings. The number of fused-ring (bicyclic) bond motifs is 3. The van der Waals surface area contributed by atoms with Gasteiger partial charge in [0.15, 0.2) is 0 Å². The molecular formula is C31H23N. The van der Waals surface area contributed by atoms with Crippen molar-refractivity contribution < 1.29 is 0 Å². The first-order valence-electron chi connectivity index (χ1n) is 11.1. The number of hydrogen-bond donors (Lipinski definition) is 1. The molecular weight excluding hydrogens is 386 g/mol. The van der Waals surface area contributed by atoms with Crippen molar-refractivity contribution in [3.05, 3.63) is 144 Å². The van der Waals surface area contributed by atoms with Gasteiger partial charge in [0.25, 0.3) is 0 Å². The molecule has 1 aliphatic carbocycles. The molecule has 1 heteroatoms. The van der Waals surface area contributed by atoms with Crippen LogP contribution in [0, 0.1) is 0 Å². The van der Waals surface area contributed by atoms with Crippen molar-refractivity contribution in [1.82, 2.24) is 0 Å². The summed E-state index contributed by atoms with van der Waals surface area (Å²) >= 11 is 0. The van der Waals surface area contributed by atoms with Crippen LogP contribution < -0.4 is 5.32 Å². The molecule has 0 spiro atoms. The van der Waals surface area contributed by atoms with Crippen LogP contribution in [0.25, 0.3) is 22.3 Å². The fraction of sp³-hybridized carbons (Fsp3) is 0.0323. The maximum atomic E-state index is 3.54. The van der Waals surface area contributed by atoms with E-state index in [1.165, 1.54) is 38.9 Å². The van der Waals surface area contributed by atoms with Crippen molar-refractivity contribution in [1.29, 1.82) is 0 Å². The molecule has 6 rings (SSSR count). The SMILES string of the molecule is c1ccc(-c2ccc(Nc3ccc(C4c5ccccc5-c5ccccc54)cc3)cc2)cc1. The predicted molar refractivity (Wildman–Crippen MR) is 134 cm³/mol. The number of benzene rings is 5. The van der Waals surface area contributed by atoms with Crippen LogP contribution in [0.5, 0.6) is 0 Å². The van der Waals surface area contributed by atoms with Crippen molar-refractivity contribution in [2.75, 3.05) is 5.32 Å². The Hall–Kier alpha value is -4.10. The van der Waals surface area contributed by atoms with Gasteiger partial charge in [-0.1, -0.05) is 103 Å². The summed E-state index contributed by atoms with van der Waals surface area (Å²) in [6, 6.07) is 45.5. The van der Waals surface area contributed by atoms with Crippen LogP contribution in [0.2, 0.25) is 0 Å². The highest BCUT2D eigenvalue weighted by Gasteiger charge is 2.28. The Kier molecular flexibility index (Phi) is 4.58. The van der Waals surface area contributed by atoms with Gasteiger partial charge in [0, 0.05) is 17.3 Å². The monoisotopic (exact) mass is 409 g/mol. The second-order valence-corrected chi connectivity index (χ2v) is 8.30. The first kappa shape index (κ1) is 18.7. The van der Waals surface area contributed by atoms with E-state index in [-0.39, 0.29) is 0 Å². The lowest BCUT2D eigenvalue weighted by molar-refractivity contribution is 1.02. The number of nitrogens with one attached hydrogen (secondary N) is 1. The van der Waals surface area contributed by atoms with Crippen LogP contribution in [-0.4, -0.2) is 0 Å². The lowest BCUT2D eigenvalue weighted by Gasteiger charge is -2.15. The van der Waals surface area contributed by atoms with Gasteiger partial charge in [-0.3, -0.25) is 0 Å². The summed E-state index contributed by atoms with van der Waals surface area (Å²) in [5.41, 5.74) is 11.5. The molecule has 0 heterocycles. The quantitative estimate of drug-likeness (QED) is 0.309. The van der Waals surface area contributed by atoms with Gasteiger partial charge in [-0.25, -0.2) is 0 Å². The maximum absolute atomic E-state index is 3.54. The van der Waals surface area contributed by atoms with Gasteiger partial charge < -0.3 is 5.32 Å². The Labute approximate surface area is 189 Å². The molecule has 0 radical (unpaired) electrons. The molecule has 0 bridgehead atoms. The van der Waals surface area contributed by atoms with Gasteiger partial charge >= 0.3 is 0 Å². The van der Waals surface area contributed by atoms with E-state index < -0.39 is 0 Å². The Morgan fingerprint density at radius 1 is 0.406 bits per heavy atom. The highest BCUT2D eigenvalue weighted by molar-refractivity contribution is 5.80. The van der Waals surface area contributed by atoms with Crippen molar-refractivity contribution >= 4 is 11.4 Å². The third kappa shape index (κ3) is 3.29. The molecule has 0 aromatic heterocycles. The molecule has 32 heavy (non-hydrogen) atoms.